The van der Waals surface area contributed by atoms with E-state index < -0.39 is 0 Å². The quantitative estimate of drug-likeness (QED) is 0.724. The standard InChI is InChI=1S/C18H17ClFN3O/c1-22-6-8-23(9-7-22)18-14-4-3-13(20)11-16(14)24-17-10-12(19)2-5-15(17)21-18/h2-5,10-11H,6-9H2,1H3. The van der Waals surface area contributed by atoms with E-state index in [0.717, 1.165) is 37.6 Å². The van der Waals surface area contributed by atoms with Crippen molar-refractivity contribution < 1.29 is 9.13 Å². The molecule has 0 aliphatic carbocycles. The van der Waals surface area contributed by atoms with Gasteiger partial charge >= 0.3 is 0 Å². The molecule has 2 aromatic carbocycles. The van der Waals surface area contributed by atoms with Crippen LogP contribution in [0.3, 0.4) is 0 Å². The van der Waals surface area contributed by atoms with Crippen molar-refractivity contribution in [3.8, 4) is 11.5 Å². The number of amidine groups is 1. The molecule has 0 unspecified atom stereocenters. The maximum atomic E-state index is 13.7. The number of hydrogen-bond donors (Lipinski definition) is 0. The second-order valence-corrected chi connectivity index (χ2v) is 6.52. The maximum Gasteiger partial charge on any atom is 0.154 e. The molecule has 0 amide bonds. The molecule has 0 atom stereocenters. The molecule has 1 fully saturated rings. The molecule has 0 N–H and O–H groups in total. The molecule has 0 bridgehead atoms. The SMILES string of the molecule is CN1CCN(C2=Nc3ccc(Cl)cc3Oc3cc(F)ccc32)CC1. The van der Waals surface area contributed by atoms with Gasteiger partial charge in [0.25, 0.3) is 0 Å². The highest BCUT2D eigenvalue weighted by Crippen LogP contribution is 2.39. The van der Waals surface area contributed by atoms with Crippen LogP contribution in [0.25, 0.3) is 0 Å². The number of piperazine rings is 1. The molecule has 0 aromatic heterocycles. The minimum atomic E-state index is -0.336. The summed E-state index contributed by atoms with van der Waals surface area (Å²) >= 11 is 6.07. The fraction of sp³-hybridized carbons (Fsp3) is 0.278. The molecule has 24 heavy (non-hydrogen) atoms. The number of fused-ring (bicyclic) bond motifs is 2. The third-order valence-corrected chi connectivity index (χ3v) is 4.59. The van der Waals surface area contributed by atoms with Crippen molar-refractivity contribution in [2.24, 2.45) is 4.99 Å². The molecule has 0 saturated carbocycles. The van der Waals surface area contributed by atoms with Gasteiger partial charge in [0, 0.05) is 43.3 Å². The normalized spacial score (nSPS) is 17.5. The highest BCUT2D eigenvalue weighted by Gasteiger charge is 2.25. The van der Waals surface area contributed by atoms with Crippen molar-refractivity contribution in [3.05, 3.63) is 52.8 Å². The second-order valence-electron chi connectivity index (χ2n) is 6.08. The van der Waals surface area contributed by atoms with E-state index in [9.17, 15) is 4.39 Å². The van der Waals surface area contributed by atoms with E-state index in [4.69, 9.17) is 21.3 Å². The fourth-order valence-electron chi connectivity index (χ4n) is 2.98. The zero-order valence-electron chi connectivity index (χ0n) is 13.3. The minimum Gasteiger partial charge on any atom is -0.454 e. The predicted octanol–water partition coefficient (Wildman–Crippen LogP) is 3.91. The van der Waals surface area contributed by atoms with Crippen LogP contribution in [-0.2, 0) is 0 Å². The fourth-order valence-corrected chi connectivity index (χ4v) is 3.14. The van der Waals surface area contributed by atoms with Crippen molar-refractivity contribution in [3.63, 3.8) is 0 Å². The van der Waals surface area contributed by atoms with Crippen molar-refractivity contribution >= 4 is 23.1 Å². The van der Waals surface area contributed by atoms with E-state index in [1.807, 2.05) is 6.07 Å². The Bertz CT molecular complexity index is 816. The molecule has 2 aliphatic heterocycles. The molecule has 2 aromatic rings. The highest BCUT2D eigenvalue weighted by molar-refractivity contribution is 6.30. The monoisotopic (exact) mass is 345 g/mol. The summed E-state index contributed by atoms with van der Waals surface area (Å²) in [6.07, 6.45) is 0. The zero-order valence-corrected chi connectivity index (χ0v) is 14.1. The number of hydrogen-bond acceptors (Lipinski definition) is 4. The summed E-state index contributed by atoms with van der Waals surface area (Å²) in [5, 5.41) is 0.560. The Labute approximate surface area is 145 Å². The van der Waals surface area contributed by atoms with Gasteiger partial charge in [-0.15, -0.1) is 0 Å². The van der Waals surface area contributed by atoms with Crippen molar-refractivity contribution in [1.82, 2.24) is 9.80 Å². The number of halogens is 2. The van der Waals surface area contributed by atoms with Gasteiger partial charge in [0.2, 0.25) is 0 Å². The average Bonchev–Trinajstić information content (AvgIpc) is 2.71. The molecule has 0 spiro atoms. The Morgan fingerprint density at radius 2 is 1.83 bits per heavy atom. The third-order valence-electron chi connectivity index (χ3n) is 4.36. The Morgan fingerprint density at radius 1 is 1.04 bits per heavy atom. The molecule has 1 saturated heterocycles. The average molecular weight is 346 g/mol. The van der Waals surface area contributed by atoms with E-state index in [1.54, 1.807) is 18.2 Å². The number of benzene rings is 2. The molecule has 0 radical (unpaired) electrons. The van der Waals surface area contributed by atoms with Crippen LogP contribution in [0.4, 0.5) is 10.1 Å². The van der Waals surface area contributed by atoms with Crippen molar-refractivity contribution in [1.29, 1.82) is 0 Å². The first kappa shape index (κ1) is 15.4. The van der Waals surface area contributed by atoms with Gasteiger partial charge in [-0.2, -0.15) is 0 Å². The largest absolute Gasteiger partial charge is 0.454 e. The van der Waals surface area contributed by atoms with Gasteiger partial charge in [-0.25, -0.2) is 9.38 Å². The zero-order chi connectivity index (χ0) is 16.7. The molecule has 4 rings (SSSR count). The van der Waals surface area contributed by atoms with Gasteiger partial charge in [-0.1, -0.05) is 11.6 Å². The number of likely N-dealkylation sites (N-methyl/N-ethyl adjacent to an activating group) is 1. The van der Waals surface area contributed by atoms with Crippen LogP contribution in [0.5, 0.6) is 11.5 Å². The summed E-state index contributed by atoms with van der Waals surface area (Å²) < 4.78 is 19.7. The molecular weight excluding hydrogens is 329 g/mol. The van der Waals surface area contributed by atoms with Crippen molar-refractivity contribution in [2.75, 3.05) is 33.2 Å². The number of nitrogens with zero attached hydrogens (tertiary/aromatic N) is 3. The first-order valence-corrected chi connectivity index (χ1v) is 8.27. The predicted molar refractivity (Wildman–Crippen MR) is 93.2 cm³/mol. The number of aliphatic imine (C=N–C) groups is 1. The van der Waals surface area contributed by atoms with Crippen LogP contribution >= 0.6 is 11.6 Å². The maximum absolute atomic E-state index is 13.7. The van der Waals surface area contributed by atoms with Gasteiger partial charge in [-0.05, 0) is 31.3 Å². The first-order chi connectivity index (χ1) is 11.6. The van der Waals surface area contributed by atoms with E-state index in [-0.39, 0.29) is 5.82 Å². The number of ether oxygens (including phenoxy) is 1. The van der Waals surface area contributed by atoms with Gasteiger partial charge in [0.05, 0.1) is 5.56 Å². The summed E-state index contributed by atoms with van der Waals surface area (Å²) in [5.41, 5.74) is 1.50. The Kier molecular flexibility index (Phi) is 3.90. The molecule has 4 nitrogen and oxygen atoms in total. The summed E-state index contributed by atoms with van der Waals surface area (Å²) in [5.74, 6) is 1.49. The summed E-state index contributed by atoms with van der Waals surface area (Å²) in [4.78, 5) is 9.33. The van der Waals surface area contributed by atoms with Crippen LogP contribution in [0.15, 0.2) is 41.4 Å². The first-order valence-electron chi connectivity index (χ1n) is 7.90. The topological polar surface area (TPSA) is 28.1 Å². The lowest BCUT2D eigenvalue weighted by molar-refractivity contribution is 0.215. The van der Waals surface area contributed by atoms with E-state index in [1.165, 1.54) is 12.1 Å². The van der Waals surface area contributed by atoms with Gasteiger partial charge in [-0.3, -0.25) is 0 Å². The smallest absolute Gasteiger partial charge is 0.154 e. The van der Waals surface area contributed by atoms with Gasteiger partial charge in [0.15, 0.2) is 5.75 Å². The Hall–Kier alpha value is -2.11. The van der Waals surface area contributed by atoms with Crippen LogP contribution < -0.4 is 4.74 Å². The Morgan fingerprint density at radius 3 is 2.62 bits per heavy atom. The summed E-state index contributed by atoms with van der Waals surface area (Å²) in [7, 11) is 2.11. The van der Waals surface area contributed by atoms with Crippen molar-refractivity contribution in [2.45, 2.75) is 0 Å². The van der Waals surface area contributed by atoms with Gasteiger partial charge < -0.3 is 14.5 Å². The van der Waals surface area contributed by atoms with Gasteiger partial charge in [0.1, 0.15) is 23.1 Å². The third kappa shape index (κ3) is 2.85. The van der Waals surface area contributed by atoms with Crippen LogP contribution in [0.2, 0.25) is 5.02 Å². The van der Waals surface area contributed by atoms with Crippen LogP contribution in [-0.4, -0.2) is 48.9 Å². The highest BCUT2D eigenvalue weighted by atomic mass is 35.5. The van der Waals surface area contributed by atoms with Crippen LogP contribution in [0, 0.1) is 5.82 Å². The minimum absolute atomic E-state index is 0.336. The molecule has 124 valence electrons. The molecule has 2 aliphatic rings. The lowest BCUT2D eigenvalue weighted by atomic mass is 10.1. The molecule has 6 heteroatoms. The van der Waals surface area contributed by atoms with E-state index in [0.29, 0.717) is 22.2 Å². The second kappa shape index (κ2) is 6.07. The summed E-state index contributed by atoms with van der Waals surface area (Å²) in [6.45, 7) is 3.66. The lowest BCUT2D eigenvalue weighted by Gasteiger charge is -2.34. The molecule has 2 heterocycles. The lowest BCUT2D eigenvalue weighted by Crippen LogP contribution is -2.47. The molecular formula is C18H17ClFN3O. The number of rotatable bonds is 0. The van der Waals surface area contributed by atoms with Crippen LogP contribution in [0.1, 0.15) is 5.56 Å². The summed E-state index contributed by atoms with van der Waals surface area (Å²) in [6, 6.07) is 9.90. The van der Waals surface area contributed by atoms with E-state index >= 15 is 0 Å². The van der Waals surface area contributed by atoms with E-state index in [2.05, 4.69) is 16.8 Å². The Balaban J connectivity index is 1.84.